The number of nitrogens with zero attached hydrogens (tertiary/aromatic N) is 2. The molecule has 1 aromatic heterocycles. The molecule has 0 unspecified atom stereocenters. The minimum absolute atomic E-state index is 0.217. The Kier molecular flexibility index (Phi) is 6.57. The molecule has 30 heavy (non-hydrogen) atoms. The summed E-state index contributed by atoms with van der Waals surface area (Å²) in [5, 5.41) is 7.54. The number of benzene rings is 2. The Morgan fingerprint density at radius 1 is 1.03 bits per heavy atom. The third-order valence-corrected chi connectivity index (χ3v) is 4.92. The van der Waals surface area contributed by atoms with Gasteiger partial charge in [0.05, 0.1) is 37.8 Å². The van der Waals surface area contributed by atoms with Gasteiger partial charge in [0, 0.05) is 6.08 Å². The van der Waals surface area contributed by atoms with E-state index < -0.39 is 0 Å². The van der Waals surface area contributed by atoms with Crippen molar-refractivity contribution in [2.75, 3.05) is 19.5 Å². The van der Waals surface area contributed by atoms with E-state index in [0.717, 1.165) is 28.2 Å². The van der Waals surface area contributed by atoms with Gasteiger partial charge in [0.1, 0.15) is 0 Å². The zero-order chi connectivity index (χ0) is 21.7. The van der Waals surface area contributed by atoms with Crippen molar-refractivity contribution < 1.29 is 14.3 Å². The van der Waals surface area contributed by atoms with E-state index in [0.29, 0.717) is 18.0 Å². The number of aryl methyl sites for hydroxylation is 2. The molecule has 1 heterocycles. The van der Waals surface area contributed by atoms with Gasteiger partial charge in [0.2, 0.25) is 5.91 Å². The van der Waals surface area contributed by atoms with Crippen LogP contribution in [0.4, 0.5) is 5.69 Å². The molecule has 1 N–H and O–H groups in total. The second-order valence-corrected chi connectivity index (χ2v) is 7.13. The first-order chi connectivity index (χ1) is 14.4. The van der Waals surface area contributed by atoms with Crippen molar-refractivity contribution >= 4 is 17.7 Å². The van der Waals surface area contributed by atoms with Crippen LogP contribution in [0.5, 0.6) is 11.5 Å². The van der Waals surface area contributed by atoms with Gasteiger partial charge in [0.25, 0.3) is 0 Å². The number of hydrogen-bond donors (Lipinski definition) is 1. The van der Waals surface area contributed by atoms with E-state index in [2.05, 4.69) is 41.6 Å². The summed E-state index contributed by atoms with van der Waals surface area (Å²) in [7, 11) is 3.17. The average molecular weight is 405 g/mol. The smallest absolute Gasteiger partial charge is 0.248 e. The summed E-state index contributed by atoms with van der Waals surface area (Å²) in [6, 6.07) is 13.8. The van der Waals surface area contributed by atoms with Crippen LogP contribution in [0.2, 0.25) is 0 Å². The van der Waals surface area contributed by atoms with Crippen LogP contribution < -0.4 is 14.8 Å². The van der Waals surface area contributed by atoms with Crippen molar-refractivity contribution in [3.63, 3.8) is 0 Å². The molecule has 0 radical (unpaired) electrons. The molecule has 0 saturated carbocycles. The van der Waals surface area contributed by atoms with Crippen LogP contribution in [0.3, 0.4) is 0 Å². The van der Waals surface area contributed by atoms with Gasteiger partial charge in [-0.3, -0.25) is 9.48 Å². The number of anilines is 1. The van der Waals surface area contributed by atoms with E-state index >= 15 is 0 Å². The van der Waals surface area contributed by atoms with Crippen molar-refractivity contribution in [1.29, 1.82) is 0 Å². The highest BCUT2D eigenvalue weighted by atomic mass is 16.5. The predicted molar refractivity (Wildman–Crippen MR) is 119 cm³/mol. The molecule has 2 aromatic carbocycles. The van der Waals surface area contributed by atoms with Crippen molar-refractivity contribution in [2.45, 2.75) is 27.3 Å². The van der Waals surface area contributed by atoms with Crippen molar-refractivity contribution in [2.24, 2.45) is 0 Å². The van der Waals surface area contributed by atoms with Gasteiger partial charge < -0.3 is 14.8 Å². The van der Waals surface area contributed by atoms with Crippen LogP contribution in [0.15, 0.2) is 48.5 Å². The average Bonchev–Trinajstić information content (AvgIpc) is 3.00. The van der Waals surface area contributed by atoms with Crippen LogP contribution in [0, 0.1) is 20.8 Å². The summed E-state index contributed by atoms with van der Waals surface area (Å²) in [4.78, 5) is 12.5. The van der Waals surface area contributed by atoms with E-state index in [9.17, 15) is 4.79 Å². The van der Waals surface area contributed by atoms with Gasteiger partial charge >= 0.3 is 0 Å². The lowest BCUT2D eigenvalue weighted by molar-refractivity contribution is -0.111. The highest BCUT2D eigenvalue weighted by molar-refractivity contribution is 6.02. The van der Waals surface area contributed by atoms with Crippen molar-refractivity contribution in [1.82, 2.24) is 9.78 Å². The third-order valence-electron chi connectivity index (χ3n) is 4.92. The maximum atomic E-state index is 12.5. The second kappa shape index (κ2) is 9.31. The molecule has 0 fully saturated rings. The molecule has 0 aliphatic carbocycles. The lowest BCUT2D eigenvalue weighted by Gasteiger charge is -2.08. The molecule has 156 valence electrons. The highest BCUT2D eigenvalue weighted by Crippen LogP contribution is 2.28. The molecule has 6 nitrogen and oxygen atoms in total. The van der Waals surface area contributed by atoms with Gasteiger partial charge in [-0.25, -0.2) is 0 Å². The number of hydrogen-bond acceptors (Lipinski definition) is 4. The number of nitrogens with one attached hydrogen (secondary N) is 1. The Bertz CT molecular complexity index is 1070. The summed E-state index contributed by atoms with van der Waals surface area (Å²) >= 11 is 0. The van der Waals surface area contributed by atoms with Crippen LogP contribution >= 0.6 is 0 Å². The topological polar surface area (TPSA) is 65.4 Å². The van der Waals surface area contributed by atoms with Gasteiger partial charge in [0.15, 0.2) is 11.5 Å². The molecule has 0 aliphatic heterocycles. The summed E-state index contributed by atoms with van der Waals surface area (Å²) in [6.07, 6.45) is 3.23. The highest BCUT2D eigenvalue weighted by Gasteiger charge is 2.13. The van der Waals surface area contributed by atoms with E-state index in [4.69, 9.17) is 9.47 Å². The van der Waals surface area contributed by atoms with Gasteiger partial charge in [-0.1, -0.05) is 35.9 Å². The molecule has 6 heteroatoms. The largest absolute Gasteiger partial charge is 0.493 e. The Balaban J connectivity index is 1.71. The molecular weight excluding hydrogens is 378 g/mol. The number of carbonyl (C=O) groups is 1. The van der Waals surface area contributed by atoms with E-state index in [1.54, 1.807) is 26.4 Å². The van der Waals surface area contributed by atoms with Crippen LogP contribution in [-0.2, 0) is 11.3 Å². The minimum Gasteiger partial charge on any atom is -0.493 e. The Morgan fingerprint density at radius 2 is 1.73 bits per heavy atom. The van der Waals surface area contributed by atoms with Crippen LogP contribution in [-0.4, -0.2) is 29.9 Å². The molecule has 0 bridgehead atoms. The zero-order valence-corrected chi connectivity index (χ0v) is 18.0. The number of ether oxygens (including phenoxy) is 2. The van der Waals surface area contributed by atoms with Gasteiger partial charge in [-0.2, -0.15) is 5.10 Å². The Morgan fingerprint density at radius 3 is 2.40 bits per heavy atom. The lowest BCUT2D eigenvalue weighted by Crippen LogP contribution is -2.10. The minimum atomic E-state index is -0.217. The molecule has 0 saturated heterocycles. The Labute approximate surface area is 177 Å². The number of methoxy groups -OCH3 is 2. The number of amides is 1. The number of carbonyl (C=O) groups excluding carboxylic acids is 1. The predicted octanol–water partition coefficient (Wildman–Crippen LogP) is 4.53. The standard InChI is InChI=1S/C24H27N3O3/c1-16-6-8-20(9-7-16)15-27-18(3)24(17(2)26-27)25-23(28)13-11-19-10-12-21(29-4)22(14-19)30-5/h6-14H,15H2,1-5H3,(H,25,28)/b13-11-. The molecule has 0 atom stereocenters. The first-order valence-corrected chi connectivity index (χ1v) is 9.72. The summed E-state index contributed by atoms with van der Waals surface area (Å²) in [5.41, 5.74) is 5.67. The first-order valence-electron chi connectivity index (χ1n) is 9.72. The molecule has 0 spiro atoms. The Hall–Kier alpha value is -3.54. The molecule has 3 rings (SSSR count). The van der Waals surface area contributed by atoms with Crippen molar-refractivity contribution in [3.05, 3.63) is 76.6 Å². The summed E-state index contributed by atoms with van der Waals surface area (Å²) in [5.74, 6) is 1.04. The zero-order valence-electron chi connectivity index (χ0n) is 18.0. The van der Waals surface area contributed by atoms with E-state index in [-0.39, 0.29) is 5.91 Å². The molecular formula is C24H27N3O3. The van der Waals surface area contributed by atoms with E-state index in [1.807, 2.05) is 30.7 Å². The van der Waals surface area contributed by atoms with Crippen molar-refractivity contribution in [3.8, 4) is 11.5 Å². The fourth-order valence-corrected chi connectivity index (χ4v) is 3.19. The quantitative estimate of drug-likeness (QED) is 0.587. The molecule has 3 aromatic rings. The summed E-state index contributed by atoms with van der Waals surface area (Å²) in [6.45, 7) is 6.58. The van der Waals surface area contributed by atoms with E-state index in [1.165, 1.54) is 11.6 Å². The summed E-state index contributed by atoms with van der Waals surface area (Å²) < 4.78 is 12.4. The molecule has 0 aliphatic rings. The molecule has 1 amide bonds. The monoisotopic (exact) mass is 405 g/mol. The lowest BCUT2D eigenvalue weighted by atomic mass is 10.1. The first kappa shape index (κ1) is 21.2. The van der Waals surface area contributed by atoms with Gasteiger partial charge in [-0.15, -0.1) is 0 Å². The fraction of sp³-hybridized carbons (Fsp3) is 0.250. The van der Waals surface area contributed by atoms with Crippen LogP contribution in [0.1, 0.15) is 28.1 Å². The number of rotatable bonds is 7. The fourth-order valence-electron chi connectivity index (χ4n) is 3.19. The maximum absolute atomic E-state index is 12.5. The second-order valence-electron chi connectivity index (χ2n) is 7.13. The third kappa shape index (κ3) is 4.89. The SMILES string of the molecule is COc1ccc(/C=C\C(=O)Nc2c(C)nn(Cc3ccc(C)cc3)c2C)cc1OC. The normalized spacial score (nSPS) is 11.0. The maximum Gasteiger partial charge on any atom is 0.248 e. The van der Waals surface area contributed by atoms with Gasteiger partial charge in [-0.05, 0) is 50.1 Å². The van der Waals surface area contributed by atoms with Crippen LogP contribution in [0.25, 0.3) is 6.08 Å². The number of aromatic nitrogens is 2.